The fourth-order valence-electron chi connectivity index (χ4n) is 2.92. The molecule has 4 heteroatoms. The second-order valence-corrected chi connectivity index (χ2v) is 5.48. The summed E-state index contributed by atoms with van der Waals surface area (Å²) in [7, 11) is 0. The molecule has 2 amide bonds. The van der Waals surface area contributed by atoms with Crippen molar-refractivity contribution in [3.8, 4) is 0 Å². The van der Waals surface area contributed by atoms with Gasteiger partial charge in [-0.3, -0.25) is 9.59 Å². The van der Waals surface area contributed by atoms with E-state index in [4.69, 9.17) is 0 Å². The van der Waals surface area contributed by atoms with Crippen LogP contribution in [-0.2, 0) is 9.59 Å². The molecule has 1 rings (SSSR count). The van der Waals surface area contributed by atoms with E-state index in [1.165, 1.54) is 0 Å². The largest absolute Gasteiger partial charge is 0.342 e. The summed E-state index contributed by atoms with van der Waals surface area (Å²) in [5.41, 5.74) is -0.640. The van der Waals surface area contributed by atoms with E-state index >= 15 is 0 Å². The van der Waals surface area contributed by atoms with Gasteiger partial charge in [-0.1, -0.05) is 27.7 Å². The van der Waals surface area contributed by atoms with E-state index in [2.05, 4.69) is 19.2 Å². The summed E-state index contributed by atoms with van der Waals surface area (Å²) in [4.78, 5) is 26.6. The van der Waals surface area contributed by atoms with Crippen LogP contribution in [0.4, 0.5) is 0 Å². The summed E-state index contributed by atoms with van der Waals surface area (Å²) in [6.45, 7) is 10.6. The number of nitrogens with one attached hydrogen (secondary N) is 1. The molecule has 1 saturated heterocycles. The Morgan fingerprint density at radius 2 is 1.78 bits per heavy atom. The Kier molecular flexibility index (Phi) is 4.77. The van der Waals surface area contributed by atoms with Crippen LogP contribution in [0.5, 0.6) is 0 Å². The molecule has 0 saturated carbocycles. The molecule has 18 heavy (non-hydrogen) atoms. The molecule has 0 aromatic rings. The van der Waals surface area contributed by atoms with Crippen LogP contribution < -0.4 is 5.32 Å². The van der Waals surface area contributed by atoms with Gasteiger partial charge in [0.1, 0.15) is 11.6 Å². The molecule has 4 nitrogen and oxygen atoms in total. The fraction of sp³-hybridized carbons (Fsp3) is 0.857. The van der Waals surface area contributed by atoms with Crippen LogP contribution in [-0.4, -0.2) is 34.8 Å². The summed E-state index contributed by atoms with van der Waals surface area (Å²) in [5.74, 6) is 0.489. The van der Waals surface area contributed by atoms with Crippen molar-refractivity contribution in [3.05, 3.63) is 0 Å². The highest BCUT2D eigenvalue weighted by molar-refractivity contribution is 5.99. The summed E-state index contributed by atoms with van der Waals surface area (Å²) in [6.07, 6.45) is 2.05. The highest BCUT2D eigenvalue weighted by Crippen LogP contribution is 2.29. The van der Waals surface area contributed by atoms with Crippen LogP contribution in [0.15, 0.2) is 0 Å². The highest BCUT2D eigenvalue weighted by atomic mass is 16.2. The molecular formula is C14H26N2O2. The van der Waals surface area contributed by atoms with Crippen molar-refractivity contribution in [2.75, 3.05) is 6.54 Å². The lowest BCUT2D eigenvalue weighted by Crippen LogP contribution is -2.70. The first-order valence-corrected chi connectivity index (χ1v) is 7.05. The third-order valence-electron chi connectivity index (χ3n) is 4.00. The zero-order valence-electron chi connectivity index (χ0n) is 12.2. The first-order valence-electron chi connectivity index (χ1n) is 7.05. The van der Waals surface area contributed by atoms with Crippen LogP contribution in [0.25, 0.3) is 0 Å². The second-order valence-electron chi connectivity index (χ2n) is 5.48. The molecule has 1 aliphatic rings. The summed E-state index contributed by atoms with van der Waals surface area (Å²) < 4.78 is 0. The molecule has 1 unspecified atom stereocenters. The highest BCUT2D eigenvalue weighted by Gasteiger charge is 2.49. The number of likely N-dealkylation sites (N-methyl/N-ethyl adjacent to an activating group) is 1. The second kappa shape index (κ2) is 5.72. The molecule has 1 N–H and O–H groups in total. The number of hydrogen-bond acceptors (Lipinski definition) is 2. The Morgan fingerprint density at radius 3 is 2.17 bits per heavy atom. The maximum atomic E-state index is 12.5. The Balaban J connectivity index is 3.03. The van der Waals surface area contributed by atoms with E-state index in [0.29, 0.717) is 31.7 Å². The maximum absolute atomic E-state index is 12.5. The van der Waals surface area contributed by atoms with E-state index < -0.39 is 5.54 Å². The Morgan fingerprint density at radius 1 is 1.22 bits per heavy atom. The van der Waals surface area contributed by atoms with E-state index in [1.807, 2.05) is 20.8 Å². The SMILES string of the molecule is CCN1C(=O)C(CC(C)C)NC(=O)C1(CC)CC. The smallest absolute Gasteiger partial charge is 0.246 e. The first-order chi connectivity index (χ1) is 8.42. The van der Waals surface area contributed by atoms with E-state index in [0.717, 1.165) is 0 Å². The number of piperazine rings is 1. The number of carbonyl (C=O) groups is 2. The third kappa shape index (κ3) is 2.38. The molecule has 0 aromatic carbocycles. The molecule has 1 atom stereocenters. The number of nitrogens with zero attached hydrogens (tertiary/aromatic N) is 1. The minimum absolute atomic E-state index is 0.0135. The van der Waals surface area contributed by atoms with Gasteiger partial charge in [-0.2, -0.15) is 0 Å². The minimum atomic E-state index is -0.640. The van der Waals surface area contributed by atoms with Crippen molar-refractivity contribution in [2.24, 2.45) is 5.92 Å². The van der Waals surface area contributed by atoms with Crippen molar-refractivity contribution in [2.45, 2.75) is 65.5 Å². The van der Waals surface area contributed by atoms with Gasteiger partial charge in [0, 0.05) is 6.54 Å². The number of rotatable bonds is 5. The Labute approximate surface area is 110 Å². The molecule has 0 aromatic heterocycles. The van der Waals surface area contributed by atoms with Crippen LogP contribution in [0.2, 0.25) is 0 Å². The van der Waals surface area contributed by atoms with Crippen LogP contribution in [0, 0.1) is 5.92 Å². The van der Waals surface area contributed by atoms with Gasteiger partial charge >= 0.3 is 0 Å². The zero-order valence-corrected chi connectivity index (χ0v) is 12.2. The average molecular weight is 254 g/mol. The Hall–Kier alpha value is -1.06. The predicted molar refractivity (Wildman–Crippen MR) is 72.1 cm³/mol. The Bertz CT molecular complexity index is 322. The first kappa shape index (κ1) is 15.0. The molecule has 1 aliphatic heterocycles. The molecule has 0 aliphatic carbocycles. The summed E-state index contributed by atoms with van der Waals surface area (Å²) in [5, 5.41) is 2.92. The average Bonchev–Trinajstić information content (AvgIpc) is 2.32. The van der Waals surface area contributed by atoms with E-state index in [1.54, 1.807) is 4.90 Å². The molecule has 1 heterocycles. The quantitative estimate of drug-likeness (QED) is 0.815. The lowest BCUT2D eigenvalue weighted by molar-refractivity contribution is -0.158. The number of carbonyl (C=O) groups excluding carboxylic acids is 2. The lowest BCUT2D eigenvalue weighted by atomic mass is 9.84. The molecule has 0 bridgehead atoms. The molecule has 1 fully saturated rings. The van der Waals surface area contributed by atoms with Crippen LogP contribution in [0.1, 0.15) is 53.9 Å². The standard InChI is InChI=1S/C14H26N2O2/c1-6-14(7-2)13(18)15-11(9-10(4)5)12(17)16(14)8-3/h10-11H,6-9H2,1-5H3,(H,15,18). The molecule has 0 radical (unpaired) electrons. The molecule has 104 valence electrons. The minimum Gasteiger partial charge on any atom is -0.342 e. The van der Waals surface area contributed by atoms with Gasteiger partial charge in [0.25, 0.3) is 0 Å². The van der Waals surface area contributed by atoms with Crippen molar-refractivity contribution in [1.82, 2.24) is 10.2 Å². The maximum Gasteiger partial charge on any atom is 0.246 e. The van der Waals surface area contributed by atoms with Gasteiger partial charge in [-0.25, -0.2) is 0 Å². The van der Waals surface area contributed by atoms with Crippen LogP contribution >= 0.6 is 0 Å². The normalized spacial score (nSPS) is 23.4. The van der Waals surface area contributed by atoms with Gasteiger partial charge in [0.2, 0.25) is 11.8 Å². The lowest BCUT2D eigenvalue weighted by Gasteiger charge is -2.47. The van der Waals surface area contributed by atoms with E-state index in [9.17, 15) is 9.59 Å². The molecule has 0 spiro atoms. The summed E-state index contributed by atoms with van der Waals surface area (Å²) >= 11 is 0. The van der Waals surface area contributed by atoms with Crippen molar-refractivity contribution in [3.63, 3.8) is 0 Å². The summed E-state index contributed by atoms with van der Waals surface area (Å²) in [6, 6.07) is -0.344. The van der Waals surface area contributed by atoms with Gasteiger partial charge < -0.3 is 10.2 Å². The fourth-order valence-corrected chi connectivity index (χ4v) is 2.92. The topological polar surface area (TPSA) is 49.4 Å². The van der Waals surface area contributed by atoms with Gasteiger partial charge in [-0.15, -0.1) is 0 Å². The predicted octanol–water partition coefficient (Wildman–Crippen LogP) is 1.94. The monoisotopic (exact) mass is 254 g/mol. The molecular weight excluding hydrogens is 228 g/mol. The number of amides is 2. The van der Waals surface area contributed by atoms with E-state index in [-0.39, 0.29) is 17.9 Å². The zero-order chi connectivity index (χ0) is 13.9. The van der Waals surface area contributed by atoms with Crippen molar-refractivity contribution in [1.29, 1.82) is 0 Å². The van der Waals surface area contributed by atoms with Gasteiger partial charge in [-0.05, 0) is 32.1 Å². The van der Waals surface area contributed by atoms with Gasteiger partial charge in [0.05, 0.1) is 0 Å². The number of hydrogen-bond donors (Lipinski definition) is 1. The van der Waals surface area contributed by atoms with Crippen molar-refractivity contribution >= 4 is 11.8 Å². The van der Waals surface area contributed by atoms with Crippen molar-refractivity contribution < 1.29 is 9.59 Å². The van der Waals surface area contributed by atoms with Gasteiger partial charge in [0.15, 0.2) is 0 Å². The van der Waals surface area contributed by atoms with Crippen LogP contribution in [0.3, 0.4) is 0 Å². The third-order valence-corrected chi connectivity index (χ3v) is 4.00.